The molecule has 0 aliphatic carbocycles. The third kappa shape index (κ3) is 2.97. The highest BCUT2D eigenvalue weighted by Gasteiger charge is 2.20. The van der Waals surface area contributed by atoms with Crippen LogP contribution in [-0.4, -0.2) is 31.8 Å². The zero-order chi connectivity index (χ0) is 20.8. The van der Waals surface area contributed by atoms with Crippen LogP contribution in [0.1, 0.15) is 29.9 Å². The van der Waals surface area contributed by atoms with Crippen LogP contribution in [0.25, 0.3) is 27.9 Å². The molecule has 5 rings (SSSR count). The molecule has 0 amide bonds. The lowest BCUT2D eigenvalue weighted by Gasteiger charge is -2.12. The fourth-order valence-corrected chi connectivity index (χ4v) is 3.56. The van der Waals surface area contributed by atoms with Crippen LogP contribution in [0.3, 0.4) is 0 Å². The quantitative estimate of drug-likeness (QED) is 0.438. The summed E-state index contributed by atoms with van der Waals surface area (Å²) in [5, 5.41) is 13.2. The third-order valence-electron chi connectivity index (χ3n) is 5.20. The number of rotatable bonds is 4. The molecule has 0 radical (unpaired) electrons. The molecule has 4 heterocycles. The first-order chi connectivity index (χ1) is 14.5. The Kier molecular flexibility index (Phi) is 4.20. The molecule has 0 aliphatic rings. The van der Waals surface area contributed by atoms with Gasteiger partial charge in [0.25, 0.3) is 0 Å². The highest BCUT2D eigenvalue weighted by Crippen LogP contribution is 2.29. The van der Waals surface area contributed by atoms with Gasteiger partial charge in [-0.1, -0.05) is 18.1 Å². The van der Waals surface area contributed by atoms with Gasteiger partial charge in [0.1, 0.15) is 11.6 Å². The normalized spacial score (nSPS) is 12.5. The molecule has 4 aromatic heterocycles. The number of aryl methyl sites for hydroxylation is 1. The predicted molar refractivity (Wildman–Crippen MR) is 109 cm³/mol. The van der Waals surface area contributed by atoms with Gasteiger partial charge >= 0.3 is 0 Å². The van der Waals surface area contributed by atoms with Gasteiger partial charge in [-0.25, -0.2) is 4.39 Å². The van der Waals surface area contributed by atoms with Gasteiger partial charge in [-0.3, -0.25) is 9.38 Å². The minimum Gasteiger partial charge on any atom is -0.495 e. The molecule has 0 spiro atoms. The van der Waals surface area contributed by atoms with Crippen molar-refractivity contribution in [1.82, 2.24) is 24.7 Å². The highest BCUT2D eigenvalue weighted by molar-refractivity contribution is 5.80. The zero-order valence-electron chi connectivity index (χ0n) is 16.6. The van der Waals surface area contributed by atoms with Crippen molar-refractivity contribution in [2.75, 3.05) is 7.11 Å². The van der Waals surface area contributed by atoms with E-state index in [4.69, 9.17) is 9.26 Å². The molecule has 150 valence electrons. The molecule has 0 saturated heterocycles. The van der Waals surface area contributed by atoms with Gasteiger partial charge in [-0.2, -0.15) is 0 Å². The summed E-state index contributed by atoms with van der Waals surface area (Å²) in [6.07, 6.45) is 3.46. The van der Waals surface area contributed by atoms with Crippen LogP contribution in [0, 0.1) is 12.7 Å². The average Bonchev–Trinajstić information content (AvgIpc) is 3.39. The van der Waals surface area contributed by atoms with Gasteiger partial charge in [-0.05, 0) is 36.8 Å². The van der Waals surface area contributed by atoms with Gasteiger partial charge in [0, 0.05) is 29.1 Å². The molecule has 0 unspecified atom stereocenters. The van der Waals surface area contributed by atoms with Crippen LogP contribution in [0.2, 0.25) is 0 Å². The molecule has 30 heavy (non-hydrogen) atoms. The zero-order valence-corrected chi connectivity index (χ0v) is 16.6. The topological polar surface area (TPSA) is 78.3 Å². The van der Waals surface area contributed by atoms with Crippen LogP contribution < -0.4 is 4.74 Å². The molecule has 5 aromatic rings. The number of ether oxygens (including phenoxy) is 1. The van der Waals surface area contributed by atoms with Crippen molar-refractivity contribution in [3.8, 4) is 17.1 Å². The second-order valence-electron chi connectivity index (χ2n) is 7.21. The van der Waals surface area contributed by atoms with E-state index in [9.17, 15) is 4.39 Å². The number of hydrogen-bond donors (Lipinski definition) is 0. The second kappa shape index (κ2) is 6.91. The van der Waals surface area contributed by atoms with E-state index in [1.807, 2.05) is 38.1 Å². The minimum atomic E-state index is -0.472. The molecule has 8 heteroatoms. The Bertz CT molecular complexity index is 1390. The summed E-state index contributed by atoms with van der Waals surface area (Å²) in [4.78, 5) is 4.40. The Balaban J connectivity index is 1.61. The van der Waals surface area contributed by atoms with E-state index < -0.39 is 5.82 Å². The summed E-state index contributed by atoms with van der Waals surface area (Å²) in [6.45, 7) is 3.83. The number of benzene rings is 1. The molecule has 1 atom stereocenters. The Labute approximate surface area is 171 Å². The maximum atomic E-state index is 14.7. The van der Waals surface area contributed by atoms with Crippen molar-refractivity contribution in [2.45, 2.75) is 19.8 Å². The molecule has 0 bridgehead atoms. The highest BCUT2D eigenvalue weighted by atomic mass is 19.1. The molecular weight excluding hydrogens is 385 g/mol. The van der Waals surface area contributed by atoms with Crippen LogP contribution in [-0.2, 0) is 0 Å². The second-order valence-corrected chi connectivity index (χ2v) is 7.21. The predicted octanol–water partition coefficient (Wildman–Crippen LogP) is 4.54. The fraction of sp³-hybridized carbons (Fsp3) is 0.182. The summed E-state index contributed by atoms with van der Waals surface area (Å²) >= 11 is 0. The van der Waals surface area contributed by atoms with Crippen LogP contribution >= 0.6 is 0 Å². The summed E-state index contributed by atoms with van der Waals surface area (Å²) in [5.41, 5.74) is 3.34. The van der Waals surface area contributed by atoms with Crippen molar-refractivity contribution in [3.05, 3.63) is 71.7 Å². The van der Waals surface area contributed by atoms with Crippen molar-refractivity contribution in [1.29, 1.82) is 0 Å². The van der Waals surface area contributed by atoms with Crippen molar-refractivity contribution >= 4 is 16.6 Å². The summed E-state index contributed by atoms with van der Waals surface area (Å²) in [5.74, 6) is 1.19. The maximum Gasteiger partial charge on any atom is 0.196 e. The Morgan fingerprint density at radius 3 is 2.77 bits per heavy atom. The van der Waals surface area contributed by atoms with Crippen LogP contribution in [0.5, 0.6) is 5.75 Å². The minimum absolute atomic E-state index is 0.137. The standard InChI is InChI=1S/C22H18FN5O2/c1-12-6-20(30-27-12)16-9-18(23)22-26-25-21(28(22)11-16)13(2)14-4-5-19-15(7-14)8-17(29-3)10-24-19/h4-11,13H,1-3H3/t13-/m1/s1. The van der Waals surface area contributed by atoms with E-state index in [1.165, 1.54) is 6.07 Å². The number of nitrogens with zero attached hydrogens (tertiary/aromatic N) is 5. The monoisotopic (exact) mass is 403 g/mol. The Morgan fingerprint density at radius 2 is 2.00 bits per heavy atom. The van der Waals surface area contributed by atoms with Gasteiger partial charge in [0.15, 0.2) is 17.2 Å². The fourth-order valence-electron chi connectivity index (χ4n) is 3.56. The first-order valence-corrected chi connectivity index (χ1v) is 9.45. The summed E-state index contributed by atoms with van der Waals surface area (Å²) < 4.78 is 26.9. The Hall–Kier alpha value is -3.81. The van der Waals surface area contributed by atoms with Crippen molar-refractivity contribution < 1.29 is 13.7 Å². The van der Waals surface area contributed by atoms with E-state index in [0.29, 0.717) is 22.9 Å². The van der Waals surface area contributed by atoms with Crippen molar-refractivity contribution in [3.63, 3.8) is 0 Å². The summed E-state index contributed by atoms with van der Waals surface area (Å²) in [6, 6.07) is 11.1. The van der Waals surface area contributed by atoms with Crippen LogP contribution in [0.4, 0.5) is 4.39 Å². The van der Waals surface area contributed by atoms with Crippen LogP contribution in [0.15, 0.2) is 53.3 Å². The molecule has 0 aliphatic heterocycles. The first kappa shape index (κ1) is 18.2. The third-order valence-corrected chi connectivity index (χ3v) is 5.20. The average molecular weight is 403 g/mol. The number of methoxy groups -OCH3 is 1. The van der Waals surface area contributed by atoms with Gasteiger partial charge < -0.3 is 9.26 Å². The molecular formula is C22H18FN5O2. The number of halogens is 1. The van der Waals surface area contributed by atoms with E-state index >= 15 is 0 Å². The van der Waals surface area contributed by atoms with E-state index in [-0.39, 0.29) is 11.6 Å². The van der Waals surface area contributed by atoms with Crippen molar-refractivity contribution in [2.24, 2.45) is 0 Å². The van der Waals surface area contributed by atoms with E-state index in [1.54, 1.807) is 30.0 Å². The molecule has 1 aromatic carbocycles. The Morgan fingerprint density at radius 1 is 1.13 bits per heavy atom. The largest absolute Gasteiger partial charge is 0.495 e. The van der Waals surface area contributed by atoms with Gasteiger partial charge in [0.2, 0.25) is 0 Å². The number of fused-ring (bicyclic) bond motifs is 2. The number of pyridine rings is 2. The molecule has 0 saturated carbocycles. The number of aromatic nitrogens is 5. The first-order valence-electron chi connectivity index (χ1n) is 9.45. The number of hydrogen-bond acceptors (Lipinski definition) is 6. The van der Waals surface area contributed by atoms with E-state index in [0.717, 1.165) is 22.2 Å². The van der Waals surface area contributed by atoms with E-state index in [2.05, 4.69) is 20.3 Å². The SMILES string of the molecule is COc1cnc2ccc([C@@H](C)c3nnc4c(F)cc(-c5cc(C)no5)cn34)cc2c1. The summed E-state index contributed by atoms with van der Waals surface area (Å²) in [7, 11) is 1.61. The molecule has 0 fully saturated rings. The smallest absolute Gasteiger partial charge is 0.196 e. The maximum absolute atomic E-state index is 14.7. The molecule has 0 N–H and O–H groups in total. The lowest BCUT2D eigenvalue weighted by Crippen LogP contribution is -2.03. The van der Waals surface area contributed by atoms with Gasteiger partial charge in [-0.15, -0.1) is 10.2 Å². The lowest BCUT2D eigenvalue weighted by molar-refractivity contribution is 0.414. The molecule has 7 nitrogen and oxygen atoms in total. The van der Waals surface area contributed by atoms with Gasteiger partial charge in [0.05, 0.1) is 24.5 Å². The lowest BCUT2D eigenvalue weighted by atomic mass is 9.98.